The third-order valence-electron chi connectivity index (χ3n) is 3.42. The average Bonchev–Trinajstić information content (AvgIpc) is 2.64. The van der Waals surface area contributed by atoms with Gasteiger partial charge in [0.15, 0.2) is 0 Å². The molecule has 6 heteroatoms. The van der Waals surface area contributed by atoms with Crippen LogP contribution >= 0.6 is 0 Å². The Bertz CT molecular complexity index is 836. The quantitative estimate of drug-likeness (QED) is 0.643. The lowest BCUT2D eigenvalue weighted by Gasteiger charge is -2.11. The number of para-hydroxylation sites is 3. The van der Waals surface area contributed by atoms with Crippen LogP contribution in [0.25, 0.3) is 0 Å². The van der Waals surface area contributed by atoms with E-state index in [-0.39, 0.29) is 6.03 Å². The number of hydrogen-bond acceptors (Lipinski definition) is 4. The number of amides is 2. The minimum Gasteiger partial charge on any atom is -0.495 e. The smallest absolute Gasteiger partial charge is 0.323 e. The third kappa shape index (κ3) is 4.48. The second kappa shape index (κ2) is 7.83. The molecule has 126 valence electrons. The number of carbonyl (C=O) groups excluding carboxylic acids is 1. The summed E-state index contributed by atoms with van der Waals surface area (Å²) in [6.07, 6.45) is 1.59. The van der Waals surface area contributed by atoms with Crippen molar-refractivity contribution >= 4 is 28.9 Å². The summed E-state index contributed by atoms with van der Waals surface area (Å²) >= 11 is 0. The monoisotopic (exact) mass is 334 g/mol. The van der Waals surface area contributed by atoms with Gasteiger partial charge >= 0.3 is 6.03 Å². The number of pyridine rings is 1. The molecule has 6 nitrogen and oxygen atoms in total. The van der Waals surface area contributed by atoms with E-state index in [1.54, 1.807) is 25.4 Å². The molecule has 0 saturated carbocycles. The highest BCUT2D eigenvalue weighted by Crippen LogP contribution is 2.26. The van der Waals surface area contributed by atoms with Crippen molar-refractivity contribution in [3.05, 3.63) is 72.9 Å². The first-order chi connectivity index (χ1) is 12.2. The van der Waals surface area contributed by atoms with Crippen LogP contribution in [0.5, 0.6) is 5.75 Å². The lowest BCUT2D eigenvalue weighted by atomic mass is 10.3. The summed E-state index contributed by atoms with van der Waals surface area (Å²) in [5.41, 5.74) is 2.14. The van der Waals surface area contributed by atoms with Gasteiger partial charge in [0, 0.05) is 5.69 Å². The summed E-state index contributed by atoms with van der Waals surface area (Å²) in [5, 5.41) is 8.67. The minimum atomic E-state index is -0.321. The van der Waals surface area contributed by atoms with Crippen molar-refractivity contribution in [2.45, 2.75) is 0 Å². The Hall–Kier alpha value is -3.54. The van der Waals surface area contributed by atoms with Crippen molar-refractivity contribution in [2.24, 2.45) is 0 Å². The lowest BCUT2D eigenvalue weighted by molar-refractivity contribution is 0.262. The van der Waals surface area contributed by atoms with Crippen LogP contribution in [0.4, 0.5) is 27.7 Å². The second-order valence-corrected chi connectivity index (χ2v) is 5.20. The number of nitrogens with one attached hydrogen (secondary N) is 3. The summed E-state index contributed by atoms with van der Waals surface area (Å²) in [7, 11) is 1.62. The van der Waals surface area contributed by atoms with Gasteiger partial charge in [-0.15, -0.1) is 0 Å². The molecule has 2 amide bonds. The van der Waals surface area contributed by atoms with Crippen LogP contribution in [0, 0.1) is 0 Å². The van der Waals surface area contributed by atoms with E-state index in [4.69, 9.17) is 4.74 Å². The van der Waals surface area contributed by atoms with E-state index in [9.17, 15) is 4.79 Å². The Balaban J connectivity index is 1.61. The molecule has 0 bridgehead atoms. The molecule has 2 aromatic carbocycles. The fourth-order valence-electron chi connectivity index (χ4n) is 2.24. The molecule has 0 aliphatic heterocycles. The zero-order valence-electron chi connectivity index (χ0n) is 13.7. The number of hydrogen-bond donors (Lipinski definition) is 3. The standard InChI is InChI=1S/C19H18N4O2/c1-25-17-10-6-5-9-16(17)23-18-12-11-15(13-20-18)22-19(24)21-14-7-3-2-4-8-14/h2-13H,1H3,(H,20,23)(H2,21,22,24). The molecule has 0 radical (unpaired) electrons. The zero-order chi connectivity index (χ0) is 17.5. The summed E-state index contributed by atoms with van der Waals surface area (Å²) in [6.45, 7) is 0. The number of nitrogens with zero attached hydrogens (tertiary/aromatic N) is 1. The molecule has 1 heterocycles. The minimum absolute atomic E-state index is 0.321. The topological polar surface area (TPSA) is 75.3 Å². The van der Waals surface area contributed by atoms with Crippen molar-refractivity contribution in [2.75, 3.05) is 23.1 Å². The Kier molecular flexibility index (Phi) is 5.11. The maximum absolute atomic E-state index is 12.0. The first kappa shape index (κ1) is 16.3. The van der Waals surface area contributed by atoms with Gasteiger partial charge in [-0.05, 0) is 36.4 Å². The van der Waals surface area contributed by atoms with Crippen molar-refractivity contribution < 1.29 is 9.53 Å². The molecule has 0 unspecified atom stereocenters. The fraction of sp³-hybridized carbons (Fsp3) is 0.0526. The Labute approximate surface area is 145 Å². The van der Waals surface area contributed by atoms with Crippen LogP contribution in [0.3, 0.4) is 0 Å². The summed E-state index contributed by atoms with van der Waals surface area (Å²) in [4.78, 5) is 16.3. The Morgan fingerprint density at radius 2 is 1.60 bits per heavy atom. The van der Waals surface area contributed by atoms with Crippen molar-refractivity contribution in [1.29, 1.82) is 0 Å². The van der Waals surface area contributed by atoms with Crippen LogP contribution < -0.4 is 20.7 Å². The van der Waals surface area contributed by atoms with Gasteiger partial charge in [-0.3, -0.25) is 0 Å². The highest BCUT2D eigenvalue weighted by Gasteiger charge is 2.05. The van der Waals surface area contributed by atoms with Crippen molar-refractivity contribution in [3.63, 3.8) is 0 Å². The number of anilines is 4. The highest BCUT2D eigenvalue weighted by molar-refractivity contribution is 5.99. The van der Waals surface area contributed by atoms with E-state index in [0.717, 1.165) is 17.1 Å². The number of benzene rings is 2. The number of ether oxygens (including phenoxy) is 1. The molecule has 25 heavy (non-hydrogen) atoms. The Morgan fingerprint density at radius 3 is 2.32 bits per heavy atom. The molecule has 3 rings (SSSR count). The van der Waals surface area contributed by atoms with Crippen molar-refractivity contribution in [1.82, 2.24) is 4.98 Å². The molecule has 0 spiro atoms. The van der Waals surface area contributed by atoms with E-state index in [1.807, 2.05) is 54.6 Å². The molecule has 0 aliphatic carbocycles. The van der Waals surface area contributed by atoms with Gasteiger partial charge in [0.25, 0.3) is 0 Å². The average molecular weight is 334 g/mol. The van der Waals surface area contributed by atoms with Gasteiger partial charge in [-0.2, -0.15) is 0 Å². The van der Waals surface area contributed by atoms with Gasteiger partial charge in [0.1, 0.15) is 11.6 Å². The van der Waals surface area contributed by atoms with E-state index in [1.165, 1.54) is 0 Å². The van der Waals surface area contributed by atoms with Crippen molar-refractivity contribution in [3.8, 4) is 5.75 Å². The van der Waals surface area contributed by atoms with Crippen LogP contribution in [0.1, 0.15) is 0 Å². The number of aromatic nitrogens is 1. The predicted octanol–water partition coefficient (Wildman–Crippen LogP) is 4.48. The largest absolute Gasteiger partial charge is 0.495 e. The molecular formula is C19H18N4O2. The predicted molar refractivity (Wildman–Crippen MR) is 99.6 cm³/mol. The summed E-state index contributed by atoms with van der Waals surface area (Å²) in [5.74, 6) is 1.38. The van der Waals surface area contributed by atoms with Gasteiger partial charge < -0.3 is 20.7 Å². The Morgan fingerprint density at radius 1 is 0.880 bits per heavy atom. The molecule has 3 N–H and O–H groups in total. The van der Waals surface area contributed by atoms with Crippen LogP contribution in [0.15, 0.2) is 72.9 Å². The number of urea groups is 1. The SMILES string of the molecule is COc1ccccc1Nc1ccc(NC(=O)Nc2ccccc2)cn1. The number of rotatable bonds is 5. The number of carbonyl (C=O) groups is 1. The van der Waals surface area contributed by atoms with Crippen LogP contribution in [0.2, 0.25) is 0 Å². The van der Waals surface area contributed by atoms with Gasteiger partial charge in [-0.25, -0.2) is 9.78 Å². The molecule has 3 aromatic rings. The van der Waals surface area contributed by atoms with Crippen LogP contribution in [-0.4, -0.2) is 18.1 Å². The maximum Gasteiger partial charge on any atom is 0.323 e. The fourth-order valence-corrected chi connectivity index (χ4v) is 2.24. The van der Waals surface area contributed by atoms with Gasteiger partial charge in [0.05, 0.1) is 24.7 Å². The van der Waals surface area contributed by atoms with Crippen LogP contribution in [-0.2, 0) is 0 Å². The van der Waals surface area contributed by atoms with E-state index in [2.05, 4.69) is 20.9 Å². The molecule has 1 aromatic heterocycles. The number of methoxy groups -OCH3 is 1. The second-order valence-electron chi connectivity index (χ2n) is 5.20. The third-order valence-corrected chi connectivity index (χ3v) is 3.42. The van der Waals surface area contributed by atoms with E-state index in [0.29, 0.717) is 11.5 Å². The summed E-state index contributed by atoms with van der Waals surface area (Å²) in [6, 6.07) is 20.1. The molecule has 0 fully saturated rings. The maximum atomic E-state index is 12.0. The van der Waals surface area contributed by atoms with Gasteiger partial charge in [0.2, 0.25) is 0 Å². The van der Waals surface area contributed by atoms with E-state index < -0.39 is 0 Å². The molecule has 0 atom stereocenters. The molecule has 0 saturated heterocycles. The highest BCUT2D eigenvalue weighted by atomic mass is 16.5. The zero-order valence-corrected chi connectivity index (χ0v) is 13.7. The normalized spacial score (nSPS) is 9.96. The van der Waals surface area contributed by atoms with Gasteiger partial charge in [-0.1, -0.05) is 30.3 Å². The first-order valence-electron chi connectivity index (χ1n) is 7.74. The molecular weight excluding hydrogens is 316 g/mol. The first-order valence-corrected chi connectivity index (χ1v) is 7.74. The van der Waals surface area contributed by atoms with E-state index >= 15 is 0 Å². The lowest BCUT2D eigenvalue weighted by Crippen LogP contribution is -2.19. The molecule has 0 aliphatic rings. The summed E-state index contributed by atoms with van der Waals surface area (Å²) < 4.78 is 5.29.